The molecule has 1 aliphatic rings. The summed E-state index contributed by atoms with van der Waals surface area (Å²) in [6, 6.07) is -0.285. The molecule has 1 atom stereocenters. The fraction of sp³-hybridized carbons (Fsp3) is 0.500. The van der Waals surface area contributed by atoms with Crippen LogP contribution in [0.15, 0.2) is 0 Å². The van der Waals surface area contributed by atoms with E-state index in [4.69, 9.17) is 0 Å². The number of nitrogens with zero attached hydrogens (tertiary/aromatic N) is 6. The topological polar surface area (TPSA) is 76.8 Å². The highest BCUT2D eigenvalue weighted by molar-refractivity contribution is 7.09. The number of fused-ring (bicyclic) bond motifs is 1. The molecule has 0 spiro atoms. The molecule has 3 rings (SSSR count). The molecule has 21 heavy (non-hydrogen) atoms. The molecule has 1 amide bonds. The second kappa shape index (κ2) is 4.76. The molecule has 0 N–H and O–H groups in total. The summed E-state index contributed by atoms with van der Waals surface area (Å²) in [5, 5.41) is 7.91. The van der Waals surface area contributed by atoms with Crippen LogP contribution in [0.2, 0.25) is 0 Å². The van der Waals surface area contributed by atoms with Crippen molar-refractivity contribution in [1.29, 1.82) is 0 Å². The molecule has 2 aromatic heterocycles. The molecule has 3 heterocycles. The van der Waals surface area contributed by atoms with Crippen molar-refractivity contribution in [2.45, 2.75) is 25.7 Å². The highest BCUT2D eigenvalue weighted by atomic mass is 32.1. The number of hydrogen-bond acceptors (Lipinski definition) is 6. The van der Waals surface area contributed by atoms with Gasteiger partial charge in [-0.05, 0) is 18.5 Å². The number of alkyl halides is 3. The molecule has 0 radical (unpaired) electrons. The van der Waals surface area contributed by atoms with E-state index in [2.05, 4.69) is 19.6 Å². The molecular formula is C10H9F3N6OS. The van der Waals surface area contributed by atoms with E-state index in [1.54, 1.807) is 16.4 Å². The number of carbonyl (C=O) groups is 1. The van der Waals surface area contributed by atoms with E-state index in [1.165, 1.54) is 0 Å². The lowest BCUT2D eigenvalue weighted by Crippen LogP contribution is -2.36. The zero-order chi connectivity index (χ0) is 15.2. The third-order valence-corrected chi connectivity index (χ3v) is 3.95. The summed E-state index contributed by atoms with van der Waals surface area (Å²) in [5.41, 5.74) is 0. The number of aromatic nitrogens is 5. The first-order valence-corrected chi connectivity index (χ1v) is 6.74. The van der Waals surface area contributed by atoms with Gasteiger partial charge < -0.3 is 9.47 Å². The molecule has 11 heteroatoms. The van der Waals surface area contributed by atoms with E-state index < -0.39 is 12.0 Å². The zero-order valence-corrected chi connectivity index (χ0v) is 11.5. The Hall–Kier alpha value is -2.04. The second-order valence-corrected chi connectivity index (χ2v) is 5.23. The van der Waals surface area contributed by atoms with E-state index in [0.717, 1.165) is 6.41 Å². The molecule has 0 aliphatic carbocycles. The number of rotatable bonds is 2. The Bertz CT molecular complexity index is 681. The van der Waals surface area contributed by atoms with Gasteiger partial charge in [-0.2, -0.15) is 17.5 Å². The molecular weight excluding hydrogens is 309 g/mol. The normalized spacial score (nSPS) is 18.7. The Balaban J connectivity index is 1.99. The molecule has 7 nitrogen and oxygen atoms in total. The van der Waals surface area contributed by atoms with Crippen molar-refractivity contribution >= 4 is 17.9 Å². The molecule has 0 saturated carbocycles. The Morgan fingerprint density at radius 1 is 1.33 bits per heavy atom. The van der Waals surface area contributed by atoms with Crippen molar-refractivity contribution in [2.24, 2.45) is 0 Å². The molecule has 1 unspecified atom stereocenters. The monoisotopic (exact) mass is 318 g/mol. The minimum atomic E-state index is -4.58. The van der Waals surface area contributed by atoms with Crippen molar-refractivity contribution in [3.8, 4) is 10.8 Å². The van der Waals surface area contributed by atoms with Crippen molar-refractivity contribution in [3.63, 3.8) is 0 Å². The molecule has 112 valence electrons. The first kappa shape index (κ1) is 13.9. The molecule has 0 fully saturated rings. The van der Waals surface area contributed by atoms with E-state index in [-0.39, 0.29) is 16.9 Å². The summed E-state index contributed by atoms with van der Waals surface area (Å²) in [5.74, 6) is -0.416. The van der Waals surface area contributed by atoms with E-state index in [9.17, 15) is 18.0 Å². The van der Waals surface area contributed by atoms with Crippen LogP contribution in [0, 0.1) is 0 Å². The second-order valence-electron chi connectivity index (χ2n) is 4.47. The average molecular weight is 318 g/mol. The van der Waals surface area contributed by atoms with E-state index in [1.807, 2.05) is 0 Å². The number of hydrogen-bond donors (Lipinski definition) is 0. The standard InChI is InChI=1S/C10H9F3N6OS/c1-5-6-15-16-7(19(6)3-2-18(5)4-20)8-14-9(17-21-8)10(11,12)13/h4-5H,2-3H2,1H3. The summed E-state index contributed by atoms with van der Waals surface area (Å²) in [4.78, 5) is 15.9. The van der Waals surface area contributed by atoms with Gasteiger partial charge >= 0.3 is 6.18 Å². The Labute approximate surface area is 120 Å². The van der Waals surface area contributed by atoms with Gasteiger partial charge in [0.2, 0.25) is 12.2 Å². The van der Waals surface area contributed by atoms with E-state index >= 15 is 0 Å². The SMILES string of the molecule is CC1c2nnc(-c3nc(C(F)(F)F)ns3)n2CCN1C=O. The lowest BCUT2D eigenvalue weighted by atomic mass is 10.2. The summed E-state index contributed by atoms with van der Waals surface area (Å²) in [7, 11) is 0. The molecule has 0 bridgehead atoms. The van der Waals surface area contributed by atoms with Gasteiger partial charge in [-0.25, -0.2) is 4.98 Å². The maximum atomic E-state index is 12.5. The lowest BCUT2D eigenvalue weighted by molar-refractivity contribution is -0.144. The third-order valence-electron chi connectivity index (χ3n) is 3.24. The minimum Gasteiger partial charge on any atom is -0.333 e. The number of halogens is 3. The highest BCUT2D eigenvalue weighted by Gasteiger charge is 2.37. The maximum absolute atomic E-state index is 12.5. The van der Waals surface area contributed by atoms with Crippen LogP contribution in [0.4, 0.5) is 13.2 Å². The largest absolute Gasteiger partial charge is 0.452 e. The maximum Gasteiger partial charge on any atom is 0.452 e. The average Bonchev–Trinajstić information content (AvgIpc) is 3.04. The summed E-state index contributed by atoms with van der Waals surface area (Å²) in [6.45, 7) is 2.62. The van der Waals surface area contributed by atoms with Crippen molar-refractivity contribution in [3.05, 3.63) is 11.6 Å². The van der Waals surface area contributed by atoms with Gasteiger partial charge in [0.05, 0.1) is 6.04 Å². The van der Waals surface area contributed by atoms with Gasteiger partial charge in [0.1, 0.15) is 0 Å². The van der Waals surface area contributed by atoms with Crippen molar-refractivity contribution < 1.29 is 18.0 Å². The molecule has 0 aromatic carbocycles. The minimum absolute atomic E-state index is 0.0628. The third kappa shape index (κ3) is 2.26. The zero-order valence-electron chi connectivity index (χ0n) is 10.7. The van der Waals surface area contributed by atoms with Crippen LogP contribution in [0.25, 0.3) is 10.8 Å². The Kier molecular flexibility index (Phi) is 3.15. The van der Waals surface area contributed by atoms with Gasteiger partial charge in [-0.3, -0.25) is 4.79 Å². The molecule has 1 aliphatic heterocycles. The summed E-state index contributed by atoms with van der Waals surface area (Å²) in [6.07, 6.45) is -3.86. The highest BCUT2D eigenvalue weighted by Crippen LogP contribution is 2.32. The lowest BCUT2D eigenvalue weighted by Gasteiger charge is -2.30. The fourth-order valence-corrected chi connectivity index (χ4v) is 2.81. The van der Waals surface area contributed by atoms with Crippen LogP contribution < -0.4 is 0 Å². The van der Waals surface area contributed by atoms with Crippen molar-refractivity contribution in [1.82, 2.24) is 29.0 Å². The van der Waals surface area contributed by atoms with Crippen LogP contribution in [0.5, 0.6) is 0 Å². The van der Waals surface area contributed by atoms with Gasteiger partial charge in [-0.15, -0.1) is 10.2 Å². The predicted molar refractivity (Wildman–Crippen MR) is 65.1 cm³/mol. The molecule has 0 saturated heterocycles. The number of amides is 1. The first-order valence-electron chi connectivity index (χ1n) is 5.97. The number of carbonyl (C=O) groups excluding carboxylic acids is 1. The van der Waals surface area contributed by atoms with Crippen LogP contribution in [-0.4, -0.2) is 42.0 Å². The van der Waals surface area contributed by atoms with Crippen LogP contribution in [0.3, 0.4) is 0 Å². The van der Waals surface area contributed by atoms with Crippen LogP contribution in [-0.2, 0) is 17.5 Å². The van der Waals surface area contributed by atoms with E-state index in [0.29, 0.717) is 30.4 Å². The molecule has 2 aromatic rings. The predicted octanol–water partition coefficient (Wildman–Crippen LogP) is 1.35. The van der Waals surface area contributed by atoms with Gasteiger partial charge in [0.15, 0.2) is 16.7 Å². The quantitative estimate of drug-likeness (QED) is 0.781. The Morgan fingerprint density at radius 2 is 2.10 bits per heavy atom. The smallest absolute Gasteiger partial charge is 0.333 e. The van der Waals surface area contributed by atoms with Crippen molar-refractivity contribution in [2.75, 3.05) is 6.54 Å². The van der Waals surface area contributed by atoms with Gasteiger partial charge in [0, 0.05) is 13.1 Å². The van der Waals surface area contributed by atoms with Crippen LogP contribution in [0.1, 0.15) is 24.6 Å². The fourth-order valence-electron chi connectivity index (χ4n) is 2.13. The van der Waals surface area contributed by atoms with Gasteiger partial charge in [-0.1, -0.05) is 0 Å². The Morgan fingerprint density at radius 3 is 2.71 bits per heavy atom. The first-order chi connectivity index (χ1) is 9.91. The summed E-state index contributed by atoms with van der Waals surface area (Å²) >= 11 is 0.627. The van der Waals surface area contributed by atoms with Gasteiger partial charge in [0.25, 0.3) is 0 Å². The summed E-state index contributed by atoms with van der Waals surface area (Å²) < 4.78 is 42.6. The van der Waals surface area contributed by atoms with Crippen LogP contribution >= 0.6 is 11.5 Å².